The predicted octanol–water partition coefficient (Wildman–Crippen LogP) is 0.306. The molecule has 0 bridgehead atoms. The molecule has 88 valence electrons. The Kier molecular flexibility index (Phi) is 3.95. The van der Waals surface area contributed by atoms with Gasteiger partial charge in [-0.2, -0.15) is 8.42 Å². The van der Waals surface area contributed by atoms with Gasteiger partial charge in [0.25, 0.3) is 0 Å². The number of nitrogens with zero attached hydrogens (tertiary/aromatic N) is 2. The second-order valence-electron chi connectivity index (χ2n) is 3.03. The molecule has 1 unspecified atom stereocenters. The van der Waals surface area contributed by atoms with Crippen LogP contribution in [0.5, 0.6) is 0 Å². The van der Waals surface area contributed by atoms with Crippen molar-refractivity contribution in [1.29, 1.82) is 0 Å². The van der Waals surface area contributed by atoms with Gasteiger partial charge in [-0.15, -0.1) is 0 Å². The molecule has 1 atom stereocenters. The van der Waals surface area contributed by atoms with E-state index in [1.807, 2.05) is 6.92 Å². The summed E-state index contributed by atoms with van der Waals surface area (Å²) in [5.41, 5.74) is 0. The molecule has 1 rings (SSSR count). The summed E-state index contributed by atoms with van der Waals surface area (Å²) in [4.78, 5) is 3.40. The molecular formula is C8H16N2O4S. The molecule has 15 heavy (non-hydrogen) atoms. The molecule has 0 aromatic rings. The lowest BCUT2D eigenvalue weighted by molar-refractivity contribution is -0.0175. The molecular weight excluding hydrogens is 220 g/mol. The summed E-state index contributed by atoms with van der Waals surface area (Å²) in [6.07, 6.45) is 2.87. The molecule has 6 nitrogen and oxygen atoms in total. The maximum Gasteiger partial charge on any atom is 0.403 e. The summed E-state index contributed by atoms with van der Waals surface area (Å²) in [5.74, 6) is 0. The Hall–Kier alpha value is -0.790. The molecule has 1 aliphatic heterocycles. The number of hydrogen-bond donors (Lipinski definition) is 0. The van der Waals surface area contributed by atoms with E-state index in [-0.39, 0.29) is 6.61 Å². The van der Waals surface area contributed by atoms with Gasteiger partial charge < -0.3 is 9.80 Å². The average molecular weight is 236 g/mol. The highest BCUT2D eigenvalue weighted by Gasteiger charge is 2.29. The van der Waals surface area contributed by atoms with Crippen LogP contribution >= 0.6 is 0 Å². The highest BCUT2D eigenvalue weighted by atomic mass is 32.3. The van der Waals surface area contributed by atoms with Gasteiger partial charge in [0.15, 0.2) is 0 Å². The smallest absolute Gasteiger partial charge is 0.336 e. The van der Waals surface area contributed by atoms with Crippen molar-refractivity contribution in [2.45, 2.75) is 20.2 Å². The van der Waals surface area contributed by atoms with E-state index in [0.717, 1.165) is 0 Å². The maximum absolute atomic E-state index is 11.3. The zero-order chi connectivity index (χ0) is 11.5. The lowest BCUT2D eigenvalue weighted by Gasteiger charge is -2.27. The van der Waals surface area contributed by atoms with Crippen molar-refractivity contribution in [2.75, 3.05) is 20.2 Å². The minimum Gasteiger partial charge on any atom is -0.336 e. The molecule has 1 heterocycles. The van der Waals surface area contributed by atoms with Gasteiger partial charge in [0.2, 0.25) is 6.35 Å². The second-order valence-corrected chi connectivity index (χ2v) is 4.28. The third-order valence-electron chi connectivity index (χ3n) is 1.96. The Morgan fingerprint density at radius 1 is 1.33 bits per heavy atom. The SMILES string of the molecule is CCOS(=O)(=O)OC1N(C)C=CN1CC. The largest absolute Gasteiger partial charge is 0.403 e. The van der Waals surface area contributed by atoms with Crippen LogP contribution in [0, 0.1) is 0 Å². The van der Waals surface area contributed by atoms with Crippen LogP contribution in [0.3, 0.4) is 0 Å². The van der Waals surface area contributed by atoms with Gasteiger partial charge in [0.05, 0.1) is 6.61 Å². The van der Waals surface area contributed by atoms with E-state index in [1.54, 1.807) is 36.2 Å². The minimum absolute atomic E-state index is 0.0678. The van der Waals surface area contributed by atoms with E-state index < -0.39 is 16.8 Å². The van der Waals surface area contributed by atoms with Gasteiger partial charge in [-0.05, 0) is 13.8 Å². The van der Waals surface area contributed by atoms with E-state index in [1.165, 1.54) is 0 Å². The Morgan fingerprint density at radius 3 is 2.53 bits per heavy atom. The van der Waals surface area contributed by atoms with Gasteiger partial charge in [-0.3, -0.25) is 0 Å². The Bertz CT molecular complexity index is 328. The molecule has 0 fully saturated rings. The third-order valence-corrected chi connectivity index (χ3v) is 2.89. The first-order chi connectivity index (χ1) is 7.00. The van der Waals surface area contributed by atoms with E-state index in [9.17, 15) is 8.42 Å². The van der Waals surface area contributed by atoms with Crippen molar-refractivity contribution in [1.82, 2.24) is 9.80 Å². The van der Waals surface area contributed by atoms with Crippen LogP contribution < -0.4 is 0 Å². The molecule has 7 heteroatoms. The van der Waals surface area contributed by atoms with E-state index >= 15 is 0 Å². The van der Waals surface area contributed by atoms with Crippen LogP contribution in [0.15, 0.2) is 12.4 Å². The van der Waals surface area contributed by atoms with E-state index in [4.69, 9.17) is 4.18 Å². The van der Waals surface area contributed by atoms with Crippen LogP contribution in [-0.2, 0) is 18.8 Å². The highest BCUT2D eigenvalue weighted by Crippen LogP contribution is 2.17. The van der Waals surface area contributed by atoms with E-state index in [2.05, 4.69) is 4.18 Å². The first kappa shape index (κ1) is 12.3. The molecule has 0 amide bonds. The number of hydrogen-bond acceptors (Lipinski definition) is 6. The minimum atomic E-state index is -3.91. The van der Waals surface area contributed by atoms with Gasteiger partial charge >= 0.3 is 10.4 Å². The quantitative estimate of drug-likeness (QED) is 0.684. The highest BCUT2D eigenvalue weighted by molar-refractivity contribution is 7.81. The van der Waals surface area contributed by atoms with Gasteiger partial charge in [-0.25, -0.2) is 8.37 Å². The summed E-state index contributed by atoms with van der Waals surface area (Å²) < 4.78 is 31.9. The van der Waals surface area contributed by atoms with Crippen LogP contribution in [0.1, 0.15) is 13.8 Å². The molecule has 0 aromatic carbocycles. The van der Waals surface area contributed by atoms with Crippen LogP contribution in [0.4, 0.5) is 0 Å². The molecule has 0 aliphatic carbocycles. The standard InChI is InChI=1S/C8H16N2O4S/c1-4-10-7-6-9(3)8(10)14-15(11,12)13-5-2/h6-8H,4-5H2,1-3H3. The first-order valence-electron chi connectivity index (χ1n) is 4.73. The van der Waals surface area contributed by atoms with Crippen molar-refractivity contribution in [3.05, 3.63) is 12.4 Å². The van der Waals surface area contributed by atoms with Gasteiger partial charge in [0, 0.05) is 26.0 Å². The topological polar surface area (TPSA) is 59.1 Å². The van der Waals surface area contributed by atoms with Crippen LogP contribution in [0.25, 0.3) is 0 Å². The zero-order valence-electron chi connectivity index (χ0n) is 9.08. The lowest BCUT2D eigenvalue weighted by Crippen LogP contribution is -2.40. The van der Waals surface area contributed by atoms with Crippen molar-refractivity contribution >= 4 is 10.4 Å². The molecule has 0 saturated heterocycles. The van der Waals surface area contributed by atoms with Crippen molar-refractivity contribution in [3.63, 3.8) is 0 Å². The predicted molar refractivity (Wildman–Crippen MR) is 54.7 cm³/mol. The van der Waals surface area contributed by atoms with Crippen molar-refractivity contribution in [3.8, 4) is 0 Å². The first-order valence-corrected chi connectivity index (χ1v) is 6.07. The van der Waals surface area contributed by atoms with E-state index in [0.29, 0.717) is 6.54 Å². The fraction of sp³-hybridized carbons (Fsp3) is 0.750. The Morgan fingerprint density at radius 2 is 2.00 bits per heavy atom. The monoisotopic (exact) mass is 236 g/mol. The van der Waals surface area contributed by atoms with Crippen LogP contribution in [0.2, 0.25) is 0 Å². The molecule has 0 radical (unpaired) electrons. The molecule has 1 aliphatic rings. The summed E-state index contributed by atoms with van der Waals surface area (Å²) >= 11 is 0. The third kappa shape index (κ3) is 3.08. The second kappa shape index (κ2) is 4.82. The maximum atomic E-state index is 11.3. The summed E-state index contributed by atoms with van der Waals surface area (Å²) in [6.45, 7) is 4.23. The van der Waals surface area contributed by atoms with Crippen molar-refractivity contribution < 1.29 is 16.8 Å². The zero-order valence-corrected chi connectivity index (χ0v) is 9.90. The fourth-order valence-corrected chi connectivity index (χ4v) is 2.04. The summed E-state index contributed by atoms with van der Waals surface area (Å²) in [6, 6.07) is 0. The summed E-state index contributed by atoms with van der Waals surface area (Å²) in [5, 5.41) is 0. The van der Waals surface area contributed by atoms with Crippen molar-refractivity contribution in [2.24, 2.45) is 0 Å². The fourth-order valence-electron chi connectivity index (χ4n) is 1.23. The molecule has 0 saturated carbocycles. The van der Waals surface area contributed by atoms with Gasteiger partial charge in [-0.1, -0.05) is 0 Å². The molecule has 0 spiro atoms. The normalized spacial score (nSPS) is 21.4. The Balaban J connectivity index is 2.65. The summed E-state index contributed by atoms with van der Waals surface area (Å²) in [7, 11) is -2.18. The molecule has 0 N–H and O–H groups in total. The Labute approximate surface area is 90.4 Å². The number of rotatable bonds is 5. The van der Waals surface area contributed by atoms with Gasteiger partial charge in [0.1, 0.15) is 0 Å². The lowest BCUT2D eigenvalue weighted by atomic mass is 10.6. The molecule has 0 aromatic heterocycles. The van der Waals surface area contributed by atoms with Crippen LogP contribution in [-0.4, -0.2) is 44.8 Å². The average Bonchev–Trinajstić information content (AvgIpc) is 2.47.